The first-order chi connectivity index (χ1) is 14.5. The monoisotopic (exact) mass is 451 g/mol. The number of para-hydroxylation sites is 1. The van der Waals surface area contributed by atoms with Crippen molar-refractivity contribution in [1.29, 1.82) is 0 Å². The quantitative estimate of drug-likeness (QED) is 0.655. The topological polar surface area (TPSA) is 98.2 Å². The Balaban J connectivity index is 1.91. The van der Waals surface area contributed by atoms with E-state index in [4.69, 9.17) is 4.74 Å². The second-order valence-corrected chi connectivity index (χ2v) is 9.50. The van der Waals surface area contributed by atoms with Crippen LogP contribution in [0.25, 0.3) is 0 Å². The average Bonchev–Trinajstić information content (AvgIpc) is 2.64. The van der Waals surface area contributed by atoms with Gasteiger partial charge in [-0.3, -0.25) is 4.79 Å². The van der Waals surface area contributed by atoms with Crippen molar-refractivity contribution in [2.24, 2.45) is 5.92 Å². The molecule has 0 spiro atoms. The normalized spacial score (nSPS) is 16.0. The number of carbonyl (C=O) groups excluding carboxylic acids is 1. The van der Waals surface area contributed by atoms with Gasteiger partial charge < -0.3 is 10.1 Å². The Morgan fingerprint density at radius 3 is 2.52 bits per heavy atom. The van der Waals surface area contributed by atoms with Crippen molar-refractivity contribution in [3.05, 3.63) is 59.4 Å². The van der Waals surface area contributed by atoms with E-state index in [1.807, 2.05) is 0 Å². The van der Waals surface area contributed by atoms with Gasteiger partial charge in [0, 0.05) is 24.8 Å². The molecule has 1 aliphatic rings. The Hall–Kier alpha value is -2.88. The third-order valence-corrected chi connectivity index (χ3v) is 5.49. The summed E-state index contributed by atoms with van der Waals surface area (Å²) < 4.78 is 56.1. The lowest BCUT2D eigenvalue weighted by molar-refractivity contribution is 0.00707. The summed E-state index contributed by atoms with van der Waals surface area (Å²) in [5, 5.41) is 3.81. The molecule has 1 heterocycles. The number of halogens is 2. The first-order valence-electron chi connectivity index (χ1n) is 9.70. The molecule has 166 valence electrons. The fourth-order valence-electron chi connectivity index (χ4n) is 2.99. The molecule has 31 heavy (non-hydrogen) atoms. The molecule has 1 aromatic carbocycles. The predicted molar refractivity (Wildman–Crippen MR) is 111 cm³/mol. The molecule has 7 nitrogen and oxygen atoms in total. The molecule has 2 aromatic rings. The van der Waals surface area contributed by atoms with Crippen molar-refractivity contribution in [2.75, 3.05) is 6.26 Å². The van der Waals surface area contributed by atoms with E-state index in [0.717, 1.165) is 37.1 Å². The maximum absolute atomic E-state index is 13.7. The van der Waals surface area contributed by atoms with Gasteiger partial charge in [-0.05, 0) is 30.9 Å². The molecule has 1 fully saturated rings. The molecule has 1 N–H and O–H groups in total. The van der Waals surface area contributed by atoms with Crippen LogP contribution in [0.1, 0.15) is 42.4 Å². The van der Waals surface area contributed by atoms with Crippen molar-refractivity contribution >= 4 is 15.7 Å². The third kappa shape index (κ3) is 6.30. The van der Waals surface area contributed by atoms with Crippen molar-refractivity contribution in [3.63, 3.8) is 0 Å². The van der Waals surface area contributed by atoms with Crippen molar-refractivity contribution in [3.8, 4) is 11.6 Å². The van der Waals surface area contributed by atoms with E-state index in [9.17, 15) is 22.0 Å². The van der Waals surface area contributed by atoms with Crippen molar-refractivity contribution in [2.45, 2.75) is 38.2 Å². The molecule has 0 radical (unpaired) electrons. The fraction of sp³-hybridized carbons (Fsp3) is 0.381. The number of amides is 1. The maximum atomic E-state index is 13.7. The zero-order valence-corrected chi connectivity index (χ0v) is 17.9. The summed E-state index contributed by atoms with van der Waals surface area (Å²) in [7, 11) is -3.37. The summed E-state index contributed by atoms with van der Waals surface area (Å²) in [4.78, 5) is 20.4. The highest BCUT2D eigenvalue weighted by molar-refractivity contribution is 7.93. The summed E-state index contributed by atoms with van der Waals surface area (Å²) in [5.74, 6) is -4.66. The number of hydrogen-bond acceptors (Lipinski definition) is 6. The summed E-state index contributed by atoms with van der Waals surface area (Å²) in [6, 6.07) is 7.79. The van der Waals surface area contributed by atoms with Gasteiger partial charge in [-0.2, -0.15) is 13.8 Å². The van der Waals surface area contributed by atoms with E-state index in [-0.39, 0.29) is 17.4 Å². The number of benzene rings is 1. The first kappa shape index (κ1) is 22.8. The number of alkyl halides is 2. The van der Waals surface area contributed by atoms with Crippen LogP contribution < -0.4 is 10.1 Å². The van der Waals surface area contributed by atoms with Crippen LogP contribution in [0.4, 0.5) is 8.78 Å². The van der Waals surface area contributed by atoms with Crippen LogP contribution in [-0.2, 0) is 15.8 Å². The molecule has 3 rings (SSSR count). The Kier molecular flexibility index (Phi) is 6.68. The molecule has 1 saturated carbocycles. The second-order valence-electron chi connectivity index (χ2n) is 7.56. The van der Waals surface area contributed by atoms with Crippen LogP contribution >= 0.6 is 0 Å². The number of hydrogen-bond donors (Lipinski definition) is 1. The third-order valence-electron chi connectivity index (χ3n) is 4.84. The van der Waals surface area contributed by atoms with Crippen LogP contribution in [0, 0.1) is 5.92 Å². The molecular weight excluding hydrogens is 428 g/mol. The zero-order valence-electron chi connectivity index (χ0n) is 17.1. The Labute approximate surface area is 179 Å². The smallest absolute Gasteiger partial charge is 0.303 e. The predicted octanol–water partition coefficient (Wildman–Crippen LogP) is 3.84. The highest BCUT2D eigenvalue weighted by atomic mass is 32.2. The molecule has 0 aliphatic heterocycles. The van der Waals surface area contributed by atoms with Crippen LogP contribution in [0.5, 0.6) is 11.6 Å². The van der Waals surface area contributed by atoms with E-state index >= 15 is 0 Å². The highest BCUT2D eigenvalue weighted by Gasteiger charge is 2.32. The number of aromatic nitrogens is 2. The van der Waals surface area contributed by atoms with Crippen molar-refractivity contribution in [1.82, 2.24) is 15.3 Å². The van der Waals surface area contributed by atoms with Gasteiger partial charge in [-0.1, -0.05) is 30.7 Å². The minimum atomic E-state index is -3.37. The summed E-state index contributed by atoms with van der Waals surface area (Å²) in [6.07, 6.45) is 6.14. The number of ether oxygens (including phenoxy) is 1. The molecule has 0 bridgehead atoms. The zero-order chi connectivity index (χ0) is 22.6. The van der Waals surface area contributed by atoms with E-state index in [1.165, 1.54) is 6.08 Å². The van der Waals surface area contributed by atoms with Crippen LogP contribution in [0.15, 0.2) is 48.0 Å². The van der Waals surface area contributed by atoms with Gasteiger partial charge in [0.05, 0.1) is 6.04 Å². The number of sulfone groups is 1. The van der Waals surface area contributed by atoms with Gasteiger partial charge in [-0.15, -0.1) is 0 Å². The molecule has 1 amide bonds. The van der Waals surface area contributed by atoms with Gasteiger partial charge in [0.2, 0.25) is 11.7 Å². The van der Waals surface area contributed by atoms with Crippen LogP contribution in [0.3, 0.4) is 0 Å². The molecule has 1 aromatic heterocycles. The SMILES string of the molecule is CC(F)(F)c1ncc(C(=O)NC(C=CS(C)(=O)=O)C2CCC2)c(Oc2ccccc2)n1. The largest absolute Gasteiger partial charge is 0.438 e. The molecule has 1 atom stereocenters. The van der Waals surface area contributed by atoms with Gasteiger partial charge >= 0.3 is 5.92 Å². The second kappa shape index (κ2) is 9.09. The molecule has 1 unspecified atom stereocenters. The van der Waals surface area contributed by atoms with Gasteiger partial charge in [0.25, 0.3) is 5.91 Å². The van der Waals surface area contributed by atoms with Crippen LogP contribution in [0.2, 0.25) is 0 Å². The summed E-state index contributed by atoms with van der Waals surface area (Å²) >= 11 is 0. The fourth-order valence-corrected chi connectivity index (χ4v) is 3.44. The number of carbonyl (C=O) groups is 1. The van der Waals surface area contributed by atoms with E-state index in [2.05, 4.69) is 15.3 Å². The van der Waals surface area contributed by atoms with E-state index in [0.29, 0.717) is 12.7 Å². The van der Waals surface area contributed by atoms with Crippen molar-refractivity contribution < 1.29 is 26.7 Å². The molecular formula is C21H23F2N3O4S. The standard InChI is InChI=1S/C21H23F2N3O4S/c1-21(22,23)20-24-13-16(19(26-20)30-15-9-4-3-5-10-15)18(27)25-17(14-7-6-8-14)11-12-31(2,28)29/h3-5,9-14,17H,6-8H2,1-2H3,(H,25,27). The first-order valence-corrected chi connectivity index (χ1v) is 11.7. The summed E-state index contributed by atoms with van der Waals surface area (Å²) in [6.45, 7) is 0.650. The van der Waals surface area contributed by atoms with E-state index in [1.54, 1.807) is 30.3 Å². The lowest BCUT2D eigenvalue weighted by Gasteiger charge is -2.32. The van der Waals surface area contributed by atoms with Gasteiger partial charge in [-0.25, -0.2) is 13.4 Å². The lowest BCUT2D eigenvalue weighted by Crippen LogP contribution is -2.42. The molecule has 10 heteroatoms. The highest BCUT2D eigenvalue weighted by Crippen LogP contribution is 2.32. The summed E-state index contributed by atoms with van der Waals surface area (Å²) in [5.41, 5.74) is -0.131. The molecule has 0 saturated heterocycles. The van der Waals surface area contributed by atoms with Gasteiger partial charge in [0.1, 0.15) is 11.3 Å². The Bertz CT molecular complexity index is 1070. The Morgan fingerprint density at radius 1 is 1.29 bits per heavy atom. The number of nitrogens with one attached hydrogen (secondary N) is 1. The average molecular weight is 451 g/mol. The van der Waals surface area contributed by atoms with E-state index < -0.39 is 33.5 Å². The van der Waals surface area contributed by atoms with Gasteiger partial charge in [0.15, 0.2) is 9.84 Å². The minimum absolute atomic E-state index is 0.0839. The number of nitrogens with zero attached hydrogens (tertiary/aromatic N) is 2. The minimum Gasteiger partial charge on any atom is -0.438 e. The van der Waals surface area contributed by atoms with Crippen LogP contribution in [-0.4, -0.2) is 36.6 Å². The molecule has 1 aliphatic carbocycles. The number of rotatable bonds is 8. The maximum Gasteiger partial charge on any atom is 0.303 e. The Morgan fingerprint density at radius 2 is 1.97 bits per heavy atom. The lowest BCUT2D eigenvalue weighted by atomic mass is 9.79.